The number of hydrogen-bond donors (Lipinski definition) is 2. The molecule has 0 radical (unpaired) electrons. The molecule has 0 bridgehead atoms. The molecule has 2 aromatic heterocycles. The number of hydrogen-bond acceptors (Lipinski definition) is 4. The number of para-hydroxylation sites is 1. The third-order valence-corrected chi connectivity index (χ3v) is 4.00. The number of rotatable bonds is 2. The van der Waals surface area contributed by atoms with Crippen LogP contribution in [0, 0.1) is 17.0 Å². The van der Waals surface area contributed by atoms with Crippen LogP contribution in [-0.2, 0) is 0 Å². The van der Waals surface area contributed by atoms with Gasteiger partial charge in [0.25, 0.3) is 0 Å². The van der Waals surface area contributed by atoms with Gasteiger partial charge in [-0.25, -0.2) is 9.97 Å². The van der Waals surface area contributed by atoms with Gasteiger partial charge >= 0.3 is 5.69 Å². The largest absolute Gasteiger partial charge is 0.335 e. The van der Waals surface area contributed by atoms with Crippen molar-refractivity contribution < 1.29 is 4.92 Å². The normalized spacial score (nSPS) is 10.5. The standard InChI is InChI=1S/C15H10ClN5O2.2ClH/c1-7-3-2-4-9-11(7)19-14(17-9)15-18-10-6-5-8(16)13(21(22)23)12(10)20-15;;/h2-6H,1H3,(H,17,19)(H,18,20);2*1H. The van der Waals surface area contributed by atoms with E-state index in [1.165, 1.54) is 6.07 Å². The van der Waals surface area contributed by atoms with E-state index >= 15 is 0 Å². The second-order valence-electron chi connectivity index (χ2n) is 5.19. The summed E-state index contributed by atoms with van der Waals surface area (Å²) >= 11 is 5.92. The molecule has 0 fully saturated rings. The van der Waals surface area contributed by atoms with Gasteiger partial charge in [-0.05, 0) is 30.7 Å². The highest BCUT2D eigenvalue weighted by atomic mass is 35.5. The maximum Gasteiger partial charge on any atom is 0.315 e. The van der Waals surface area contributed by atoms with Gasteiger partial charge in [0, 0.05) is 0 Å². The molecule has 0 spiro atoms. The third-order valence-electron chi connectivity index (χ3n) is 3.70. The summed E-state index contributed by atoms with van der Waals surface area (Å²) in [6, 6.07) is 8.96. The van der Waals surface area contributed by atoms with Crippen LogP contribution in [0.2, 0.25) is 5.02 Å². The highest BCUT2D eigenvalue weighted by molar-refractivity contribution is 6.33. The maximum atomic E-state index is 11.2. The molecule has 0 unspecified atom stereocenters. The van der Waals surface area contributed by atoms with Crippen LogP contribution >= 0.6 is 36.4 Å². The predicted octanol–water partition coefficient (Wildman–Crippen LogP) is 4.82. The molecule has 0 aliphatic rings. The highest BCUT2D eigenvalue weighted by Gasteiger charge is 2.22. The minimum atomic E-state index is -0.530. The smallest absolute Gasteiger partial charge is 0.315 e. The second-order valence-corrected chi connectivity index (χ2v) is 5.60. The van der Waals surface area contributed by atoms with E-state index in [0.29, 0.717) is 17.2 Å². The fraction of sp³-hybridized carbons (Fsp3) is 0.0667. The van der Waals surface area contributed by atoms with E-state index in [-0.39, 0.29) is 41.0 Å². The molecule has 10 heteroatoms. The Hall–Kier alpha value is -2.35. The average Bonchev–Trinajstić information content (AvgIpc) is 3.10. The van der Waals surface area contributed by atoms with Crippen molar-refractivity contribution in [2.24, 2.45) is 0 Å². The predicted molar refractivity (Wildman–Crippen MR) is 102 cm³/mol. The first-order chi connectivity index (χ1) is 11.0. The molecule has 0 saturated heterocycles. The topological polar surface area (TPSA) is 100 Å². The zero-order chi connectivity index (χ0) is 16.1. The Labute approximate surface area is 158 Å². The summed E-state index contributed by atoms with van der Waals surface area (Å²) in [4.78, 5) is 25.7. The first-order valence-corrected chi connectivity index (χ1v) is 7.20. The van der Waals surface area contributed by atoms with E-state index in [2.05, 4.69) is 19.9 Å². The van der Waals surface area contributed by atoms with Crippen molar-refractivity contribution in [3.05, 3.63) is 51.0 Å². The fourth-order valence-electron chi connectivity index (χ4n) is 2.61. The van der Waals surface area contributed by atoms with Gasteiger partial charge in [-0.15, -0.1) is 24.8 Å². The van der Waals surface area contributed by atoms with E-state index in [1.807, 2.05) is 25.1 Å². The van der Waals surface area contributed by atoms with Crippen LogP contribution in [0.15, 0.2) is 30.3 Å². The molecule has 130 valence electrons. The van der Waals surface area contributed by atoms with Crippen molar-refractivity contribution in [1.82, 2.24) is 19.9 Å². The number of imidazole rings is 2. The highest BCUT2D eigenvalue weighted by Crippen LogP contribution is 2.33. The van der Waals surface area contributed by atoms with Gasteiger partial charge < -0.3 is 9.97 Å². The van der Waals surface area contributed by atoms with Crippen molar-refractivity contribution >= 4 is 64.2 Å². The Morgan fingerprint density at radius 3 is 2.20 bits per heavy atom. The molecule has 2 heterocycles. The number of H-pyrrole nitrogens is 2. The molecule has 2 N–H and O–H groups in total. The number of nitro benzene ring substituents is 1. The first kappa shape index (κ1) is 19.0. The van der Waals surface area contributed by atoms with Crippen LogP contribution in [0.3, 0.4) is 0 Å². The van der Waals surface area contributed by atoms with Crippen LogP contribution in [0.1, 0.15) is 5.56 Å². The Balaban J connectivity index is 0.00000113. The molecule has 0 aliphatic carbocycles. The number of nitro groups is 1. The van der Waals surface area contributed by atoms with E-state index in [4.69, 9.17) is 11.6 Å². The minimum absolute atomic E-state index is 0. The maximum absolute atomic E-state index is 11.2. The molecule has 0 amide bonds. The minimum Gasteiger partial charge on any atom is -0.335 e. The number of nitrogens with zero attached hydrogens (tertiary/aromatic N) is 3. The number of nitrogens with one attached hydrogen (secondary N) is 2. The molecule has 7 nitrogen and oxygen atoms in total. The van der Waals surface area contributed by atoms with E-state index < -0.39 is 4.92 Å². The van der Waals surface area contributed by atoms with E-state index in [9.17, 15) is 10.1 Å². The van der Waals surface area contributed by atoms with Gasteiger partial charge in [0.05, 0.1) is 21.5 Å². The zero-order valence-corrected chi connectivity index (χ0v) is 15.1. The van der Waals surface area contributed by atoms with Crippen molar-refractivity contribution in [2.45, 2.75) is 6.92 Å². The first-order valence-electron chi connectivity index (χ1n) is 6.83. The second kappa shape index (κ2) is 6.87. The zero-order valence-electron chi connectivity index (χ0n) is 12.7. The summed E-state index contributed by atoms with van der Waals surface area (Å²) < 4.78 is 0. The lowest BCUT2D eigenvalue weighted by molar-refractivity contribution is -0.383. The number of halogens is 3. The summed E-state index contributed by atoms with van der Waals surface area (Å²) in [5.41, 5.74) is 3.31. The SMILES string of the molecule is Cc1cccc2[nH]c(-c3nc4c([N+](=O)[O-])c(Cl)ccc4[nH]3)nc12.Cl.Cl. The van der Waals surface area contributed by atoms with Crippen LogP contribution in [0.4, 0.5) is 5.69 Å². The third kappa shape index (κ3) is 3.02. The quantitative estimate of drug-likeness (QED) is 0.372. The van der Waals surface area contributed by atoms with E-state index in [0.717, 1.165) is 16.6 Å². The van der Waals surface area contributed by atoms with Crippen LogP contribution in [0.25, 0.3) is 33.7 Å². The number of benzene rings is 2. The molecule has 0 atom stereocenters. The van der Waals surface area contributed by atoms with Crippen molar-refractivity contribution in [2.75, 3.05) is 0 Å². The number of aromatic amines is 2. The van der Waals surface area contributed by atoms with Crippen molar-refractivity contribution in [3.63, 3.8) is 0 Å². The Kier molecular flexibility index (Phi) is 5.22. The summed E-state index contributed by atoms with van der Waals surface area (Å²) in [5, 5.41) is 11.3. The lowest BCUT2D eigenvalue weighted by atomic mass is 10.2. The number of aromatic nitrogens is 4. The summed E-state index contributed by atoms with van der Waals surface area (Å²) in [6.45, 7) is 1.97. The van der Waals surface area contributed by atoms with Crippen molar-refractivity contribution in [3.8, 4) is 11.6 Å². The summed E-state index contributed by atoms with van der Waals surface area (Å²) in [6.07, 6.45) is 0. The lowest BCUT2D eigenvalue weighted by Crippen LogP contribution is -1.90. The van der Waals surface area contributed by atoms with Crippen LogP contribution in [-0.4, -0.2) is 24.9 Å². The average molecular weight is 401 g/mol. The van der Waals surface area contributed by atoms with Crippen LogP contribution < -0.4 is 0 Å². The fourth-order valence-corrected chi connectivity index (χ4v) is 2.83. The molecular weight excluding hydrogens is 389 g/mol. The monoisotopic (exact) mass is 399 g/mol. The molecule has 4 aromatic rings. The molecule has 25 heavy (non-hydrogen) atoms. The van der Waals surface area contributed by atoms with Gasteiger partial charge in [0.1, 0.15) is 5.02 Å². The van der Waals surface area contributed by atoms with Gasteiger partial charge in [0.2, 0.25) is 0 Å². The van der Waals surface area contributed by atoms with E-state index in [1.54, 1.807) is 6.07 Å². The number of aryl methyl sites for hydroxylation is 1. The Bertz CT molecular complexity index is 1090. The Morgan fingerprint density at radius 1 is 1.00 bits per heavy atom. The van der Waals surface area contributed by atoms with Crippen molar-refractivity contribution in [1.29, 1.82) is 0 Å². The number of fused-ring (bicyclic) bond motifs is 2. The van der Waals surface area contributed by atoms with Crippen LogP contribution in [0.5, 0.6) is 0 Å². The molecular formula is C15H12Cl3N5O2. The summed E-state index contributed by atoms with van der Waals surface area (Å²) in [5.74, 6) is 0.955. The van der Waals surface area contributed by atoms with Gasteiger partial charge in [-0.1, -0.05) is 23.7 Å². The van der Waals surface area contributed by atoms with Gasteiger partial charge in [-0.2, -0.15) is 0 Å². The Morgan fingerprint density at radius 2 is 1.60 bits per heavy atom. The molecule has 2 aromatic carbocycles. The van der Waals surface area contributed by atoms with Gasteiger partial charge in [0.15, 0.2) is 17.2 Å². The lowest BCUT2D eigenvalue weighted by Gasteiger charge is -1.94. The molecule has 0 saturated carbocycles. The van der Waals surface area contributed by atoms with Gasteiger partial charge in [-0.3, -0.25) is 10.1 Å². The molecule has 0 aliphatic heterocycles. The molecule has 4 rings (SSSR count). The summed E-state index contributed by atoms with van der Waals surface area (Å²) in [7, 11) is 0.